The smallest absolute Gasteiger partial charge is 0.0701 e. The minimum atomic E-state index is 0.0220. The molecule has 0 saturated heterocycles. The van der Waals surface area contributed by atoms with Crippen LogP contribution >= 0.6 is 0 Å². The number of aliphatic hydroxyl groups excluding tert-OH is 1. The second-order valence-corrected chi connectivity index (χ2v) is 16.4. The van der Waals surface area contributed by atoms with E-state index in [1.165, 1.54) is 96.3 Å². The van der Waals surface area contributed by atoms with Gasteiger partial charge in [-0.1, -0.05) is 103 Å². The van der Waals surface area contributed by atoms with Crippen molar-refractivity contribution in [2.45, 2.75) is 110 Å². The summed E-state index contributed by atoms with van der Waals surface area (Å²) in [5.41, 5.74) is 0. The first-order chi connectivity index (χ1) is 34.9. The van der Waals surface area contributed by atoms with Crippen molar-refractivity contribution >= 4 is 0 Å². The quantitative estimate of drug-likeness (QED) is 0.0651. The zero-order valence-corrected chi connectivity index (χ0v) is 44.4. The van der Waals surface area contributed by atoms with E-state index in [9.17, 15) is 0 Å². The Balaban J connectivity index is 3.07. The molecule has 0 aromatic rings. The second-order valence-electron chi connectivity index (χ2n) is 16.4. The van der Waals surface area contributed by atoms with Gasteiger partial charge in [-0.2, -0.15) is 0 Å². The van der Waals surface area contributed by atoms with Crippen molar-refractivity contribution in [3.8, 4) is 0 Å². The SMILES string of the molecule is CCCCCCCCCCCCCCCCCCOCCOCCOCCOCCOCCOCCOCCOCCOCCOCCOCCOCCOCCOCCOCCOCCOCCO. The topological polar surface area (TPSA) is 177 Å². The monoisotopic (exact) mass is 1020 g/mol. The second kappa shape index (κ2) is 68.3. The highest BCUT2D eigenvalue weighted by atomic mass is 16.6. The summed E-state index contributed by atoms with van der Waals surface area (Å²) in [4.78, 5) is 0. The van der Waals surface area contributed by atoms with Crippen LogP contribution in [0.2, 0.25) is 0 Å². The summed E-state index contributed by atoms with van der Waals surface area (Å²) >= 11 is 0. The molecular weight excluding hydrogens is 913 g/mol. The maximum absolute atomic E-state index is 8.61. The largest absolute Gasteiger partial charge is 0.394 e. The third-order valence-corrected chi connectivity index (χ3v) is 10.3. The summed E-state index contributed by atoms with van der Waals surface area (Å²) < 4.78 is 93.4. The minimum absolute atomic E-state index is 0.0220. The van der Waals surface area contributed by atoms with Gasteiger partial charge in [0.25, 0.3) is 0 Å². The zero-order valence-electron chi connectivity index (χ0n) is 44.4. The molecule has 0 aliphatic rings. The number of unbranched alkanes of at least 4 members (excludes halogenated alkanes) is 15. The molecule has 422 valence electrons. The summed E-state index contributed by atoms with van der Waals surface area (Å²) in [6, 6.07) is 0. The Morgan fingerprint density at radius 3 is 0.443 bits per heavy atom. The standard InChI is InChI=1S/C52H106O18/c1-2-3-4-5-6-7-8-9-10-11-12-13-14-15-16-17-19-54-21-23-56-25-27-58-29-31-60-33-35-62-37-39-64-41-43-66-45-47-68-49-51-70-52-50-69-48-46-67-44-42-65-40-38-63-36-34-61-32-30-59-28-26-57-24-22-55-20-18-53/h53H,2-52H2,1H3. The van der Waals surface area contributed by atoms with Gasteiger partial charge in [0, 0.05) is 6.61 Å². The predicted molar refractivity (Wildman–Crippen MR) is 271 cm³/mol. The van der Waals surface area contributed by atoms with Gasteiger partial charge >= 0.3 is 0 Å². The molecule has 0 bridgehead atoms. The first-order valence-corrected chi connectivity index (χ1v) is 27.3. The third kappa shape index (κ3) is 67.3. The van der Waals surface area contributed by atoms with Gasteiger partial charge in [-0.05, 0) is 6.42 Å². The molecule has 0 amide bonds. The lowest BCUT2D eigenvalue weighted by molar-refractivity contribution is -0.0308. The van der Waals surface area contributed by atoms with E-state index in [1.54, 1.807) is 0 Å². The van der Waals surface area contributed by atoms with Crippen LogP contribution in [0.4, 0.5) is 0 Å². The van der Waals surface area contributed by atoms with E-state index < -0.39 is 0 Å². The summed E-state index contributed by atoms with van der Waals surface area (Å²) in [5.74, 6) is 0. The van der Waals surface area contributed by atoms with Gasteiger partial charge in [0.05, 0.1) is 225 Å². The molecule has 0 unspecified atom stereocenters. The fraction of sp³-hybridized carbons (Fsp3) is 1.00. The molecule has 0 aromatic heterocycles. The molecule has 0 atom stereocenters. The van der Waals surface area contributed by atoms with E-state index in [-0.39, 0.29) is 6.61 Å². The highest BCUT2D eigenvalue weighted by Gasteiger charge is 2.00. The molecule has 0 rings (SSSR count). The maximum Gasteiger partial charge on any atom is 0.0701 e. The molecule has 0 fully saturated rings. The lowest BCUT2D eigenvalue weighted by Crippen LogP contribution is -2.16. The molecule has 0 saturated carbocycles. The van der Waals surface area contributed by atoms with Crippen molar-refractivity contribution in [1.82, 2.24) is 0 Å². The Morgan fingerprint density at radius 1 is 0.157 bits per heavy atom. The van der Waals surface area contributed by atoms with Crippen molar-refractivity contribution < 1.29 is 85.6 Å². The summed E-state index contributed by atoms with van der Waals surface area (Å²) in [7, 11) is 0. The predicted octanol–water partition coefficient (Wildman–Crippen LogP) is 6.52. The summed E-state index contributed by atoms with van der Waals surface area (Å²) in [5, 5.41) is 8.61. The number of rotatable bonds is 67. The van der Waals surface area contributed by atoms with Crippen molar-refractivity contribution in [2.24, 2.45) is 0 Å². The molecule has 0 heterocycles. The fourth-order valence-electron chi connectivity index (χ4n) is 6.44. The molecule has 18 nitrogen and oxygen atoms in total. The summed E-state index contributed by atoms with van der Waals surface area (Å²) in [6.07, 6.45) is 22.1. The fourth-order valence-corrected chi connectivity index (χ4v) is 6.44. The lowest BCUT2D eigenvalue weighted by atomic mass is 10.0. The Labute approximate surface area is 425 Å². The average molecular weight is 1020 g/mol. The lowest BCUT2D eigenvalue weighted by Gasteiger charge is -2.09. The van der Waals surface area contributed by atoms with Gasteiger partial charge in [-0.15, -0.1) is 0 Å². The van der Waals surface area contributed by atoms with Crippen molar-refractivity contribution in [1.29, 1.82) is 0 Å². The Bertz CT molecular complexity index is 817. The normalized spacial score (nSPS) is 11.7. The molecule has 18 heteroatoms. The Morgan fingerprint density at radius 2 is 0.286 bits per heavy atom. The van der Waals surface area contributed by atoms with Crippen LogP contribution in [0.25, 0.3) is 0 Å². The first kappa shape index (κ1) is 69.3. The third-order valence-electron chi connectivity index (χ3n) is 10.3. The van der Waals surface area contributed by atoms with Gasteiger partial charge in [-0.25, -0.2) is 0 Å². The van der Waals surface area contributed by atoms with Crippen LogP contribution in [0.15, 0.2) is 0 Å². The highest BCUT2D eigenvalue weighted by Crippen LogP contribution is 2.13. The zero-order chi connectivity index (χ0) is 50.1. The van der Waals surface area contributed by atoms with E-state index >= 15 is 0 Å². The molecule has 0 aliphatic heterocycles. The number of aliphatic hydroxyl groups is 1. The molecule has 0 spiro atoms. The molecular formula is C52H106O18. The highest BCUT2D eigenvalue weighted by molar-refractivity contribution is 4.50. The van der Waals surface area contributed by atoms with Crippen molar-refractivity contribution in [2.75, 3.05) is 231 Å². The number of ether oxygens (including phenoxy) is 17. The van der Waals surface area contributed by atoms with Crippen LogP contribution in [-0.2, 0) is 80.5 Å². The van der Waals surface area contributed by atoms with Gasteiger partial charge in [0.1, 0.15) is 0 Å². The molecule has 0 radical (unpaired) electrons. The van der Waals surface area contributed by atoms with E-state index in [0.29, 0.717) is 218 Å². The van der Waals surface area contributed by atoms with Crippen LogP contribution in [0.5, 0.6) is 0 Å². The number of hydrogen-bond donors (Lipinski definition) is 1. The molecule has 0 aliphatic carbocycles. The Hall–Kier alpha value is -0.720. The summed E-state index contributed by atoms with van der Waals surface area (Å²) in [6.45, 7) is 19.9. The maximum atomic E-state index is 8.61. The van der Waals surface area contributed by atoms with Crippen molar-refractivity contribution in [3.05, 3.63) is 0 Å². The van der Waals surface area contributed by atoms with E-state index in [2.05, 4.69) is 6.92 Å². The first-order valence-electron chi connectivity index (χ1n) is 27.3. The van der Waals surface area contributed by atoms with E-state index in [1.807, 2.05) is 0 Å². The van der Waals surface area contributed by atoms with Gasteiger partial charge in [-0.3, -0.25) is 0 Å². The van der Waals surface area contributed by atoms with Crippen molar-refractivity contribution in [3.63, 3.8) is 0 Å². The van der Waals surface area contributed by atoms with Crippen LogP contribution in [0, 0.1) is 0 Å². The van der Waals surface area contributed by atoms with Crippen LogP contribution < -0.4 is 0 Å². The van der Waals surface area contributed by atoms with Crippen LogP contribution in [0.3, 0.4) is 0 Å². The van der Waals surface area contributed by atoms with E-state index in [0.717, 1.165) is 13.0 Å². The number of hydrogen-bond acceptors (Lipinski definition) is 18. The van der Waals surface area contributed by atoms with Gasteiger partial charge in [0.2, 0.25) is 0 Å². The minimum Gasteiger partial charge on any atom is -0.394 e. The van der Waals surface area contributed by atoms with Gasteiger partial charge < -0.3 is 85.6 Å². The molecule has 0 aromatic carbocycles. The average Bonchev–Trinajstić information content (AvgIpc) is 3.37. The van der Waals surface area contributed by atoms with E-state index in [4.69, 9.17) is 85.6 Å². The molecule has 70 heavy (non-hydrogen) atoms. The van der Waals surface area contributed by atoms with Gasteiger partial charge in [0.15, 0.2) is 0 Å². The van der Waals surface area contributed by atoms with Crippen LogP contribution in [0.1, 0.15) is 110 Å². The van der Waals surface area contributed by atoms with Crippen LogP contribution in [-0.4, -0.2) is 236 Å². The Kier molecular flexibility index (Phi) is 67.6. The molecule has 1 N–H and O–H groups in total.